The van der Waals surface area contributed by atoms with Crippen LogP contribution in [0.1, 0.15) is 24.6 Å². The summed E-state index contributed by atoms with van der Waals surface area (Å²) < 4.78 is 10.6. The molecule has 1 atom stereocenters. The fraction of sp³-hybridized carbons (Fsp3) is 0.389. The van der Waals surface area contributed by atoms with Crippen molar-refractivity contribution in [2.24, 2.45) is 4.99 Å². The first-order chi connectivity index (χ1) is 11.7. The molecule has 0 bridgehead atoms. The summed E-state index contributed by atoms with van der Waals surface area (Å²) in [5, 5.41) is 8.68. The van der Waals surface area contributed by atoms with Crippen LogP contribution in [0.5, 0.6) is 11.5 Å². The lowest BCUT2D eigenvalue weighted by molar-refractivity contribution is 0.355. The Morgan fingerprint density at radius 2 is 1.96 bits per heavy atom. The Hall–Kier alpha value is -1.48. The van der Waals surface area contributed by atoms with E-state index in [2.05, 4.69) is 42.0 Å². The number of hydrogen-bond acceptors (Lipinski definition) is 4. The second kappa shape index (κ2) is 11.2. The van der Waals surface area contributed by atoms with E-state index in [1.807, 2.05) is 18.2 Å². The quantitative estimate of drug-likeness (QED) is 0.350. The van der Waals surface area contributed by atoms with Gasteiger partial charge in [0.2, 0.25) is 0 Å². The molecule has 5 nitrogen and oxygen atoms in total. The van der Waals surface area contributed by atoms with Gasteiger partial charge in [0.25, 0.3) is 0 Å². The molecule has 7 heteroatoms. The number of nitrogens with zero attached hydrogens (tertiary/aromatic N) is 1. The molecule has 0 aliphatic carbocycles. The zero-order valence-corrected chi connectivity index (χ0v) is 18.2. The normalized spacial score (nSPS) is 12.1. The first-order valence-electron chi connectivity index (χ1n) is 7.98. The van der Waals surface area contributed by atoms with Crippen LogP contribution >= 0.6 is 35.3 Å². The Bertz CT molecular complexity index is 662. The summed E-state index contributed by atoms with van der Waals surface area (Å²) in [5.74, 6) is 2.54. The summed E-state index contributed by atoms with van der Waals surface area (Å²) in [6.07, 6.45) is 0. The number of ether oxygens (including phenoxy) is 2. The first-order valence-corrected chi connectivity index (χ1v) is 8.86. The third-order valence-corrected chi connectivity index (χ3v) is 4.65. The van der Waals surface area contributed by atoms with Gasteiger partial charge in [-0.1, -0.05) is 13.0 Å². The van der Waals surface area contributed by atoms with Crippen molar-refractivity contribution in [1.82, 2.24) is 5.32 Å². The van der Waals surface area contributed by atoms with Crippen molar-refractivity contribution in [3.63, 3.8) is 0 Å². The molecule has 0 radical (unpaired) electrons. The molecule has 138 valence electrons. The molecule has 2 N–H and O–H groups in total. The van der Waals surface area contributed by atoms with Crippen LogP contribution in [0.25, 0.3) is 0 Å². The van der Waals surface area contributed by atoms with E-state index >= 15 is 0 Å². The van der Waals surface area contributed by atoms with Gasteiger partial charge in [0.15, 0.2) is 17.5 Å². The molecule has 0 saturated carbocycles. The third kappa shape index (κ3) is 6.39. The van der Waals surface area contributed by atoms with Crippen molar-refractivity contribution in [3.05, 3.63) is 40.6 Å². The maximum absolute atomic E-state index is 5.34. The minimum atomic E-state index is 0. The van der Waals surface area contributed by atoms with Gasteiger partial charge in [-0.05, 0) is 30.5 Å². The van der Waals surface area contributed by atoms with E-state index in [0.29, 0.717) is 17.4 Å². The Kier molecular flexibility index (Phi) is 9.66. The number of aliphatic imine (C=N–C) groups is 1. The molecule has 0 saturated heterocycles. The van der Waals surface area contributed by atoms with Gasteiger partial charge in [0.05, 0.1) is 20.8 Å². The topological polar surface area (TPSA) is 54.9 Å². The molecule has 25 heavy (non-hydrogen) atoms. The summed E-state index contributed by atoms with van der Waals surface area (Å²) in [5.41, 5.74) is 0.899. The Morgan fingerprint density at radius 3 is 2.56 bits per heavy atom. The van der Waals surface area contributed by atoms with Gasteiger partial charge in [0.1, 0.15) is 0 Å². The van der Waals surface area contributed by atoms with Crippen molar-refractivity contribution in [3.8, 4) is 11.5 Å². The van der Waals surface area contributed by atoms with Crippen LogP contribution in [0.2, 0.25) is 0 Å². The summed E-state index contributed by atoms with van der Waals surface area (Å²) in [7, 11) is 3.26. The largest absolute Gasteiger partial charge is 0.493 e. The van der Waals surface area contributed by atoms with Crippen molar-refractivity contribution < 1.29 is 9.47 Å². The molecule has 2 rings (SSSR count). The SMILES string of the molecule is CCNC(=NCC(C)c1cccs1)Nc1ccc(OC)c(OC)c1.I. The highest BCUT2D eigenvalue weighted by Crippen LogP contribution is 2.29. The van der Waals surface area contributed by atoms with Crippen LogP contribution in [0, 0.1) is 0 Å². The number of rotatable bonds is 7. The molecule has 0 amide bonds. The van der Waals surface area contributed by atoms with Crippen LogP contribution in [-0.2, 0) is 0 Å². The van der Waals surface area contributed by atoms with Gasteiger partial charge in [-0.15, -0.1) is 35.3 Å². The molecule has 0 fully saturated rings. The lowest BCUT2D eigenvalue weighted by Crippen LogP contribution is -2.31. The minimum Gasteiger partial charge on any atom is -0.493 e. The molecule has 0 aliphatic rings. The molecule has 2 aromatic rings. The van der Waals surface area contributed by atoms with Crippen LogP contribution in [-0.4, -0.2) is 33.3 Å². The van der Waals surface area contributed by atoms with E-state index in [0.717, 1.165) is 24.7 Å². The van der Waals surface area contributed by atoms with Crippen LogP contribution in [0.4, 0.5) is 5.69 Å². The van der Waals surface area contributed by atoms with Gasteiger partial charge in [-0.2, -0.15) is 0 Å². The monoisotopic (exact) mass is 475 g/mol. The highest BCUT2D eigenvalue weighted by Gasteiger charge is 2.08. The van der Waals surface area contributed by atoms with Crippen molar-refractivity contribution in [2.45, 2.75) is 19.8 Å². The Morgan fingerprint density at radius 1 is 1.20 bits per heavy atom. The predicted octanol–water partition coefficient (Wildman–Crippen LogP) is 4.56. The van der Waals surface area contributed by atoms with Crippen molar-refractivity contribution >= 4 is 47.0 Å². The summed E-state index contributed by atoms with van der Waals surface area (Å²) in [6, 6.07) is 9.94. The molecule has 1 aromatic heterocycles. The number of methoxy groups -OCH3 is 2. The zero-order chi connectivity index (χ0) is 17.4. The number of anilines is 1. The minimum absolute atomic E-state index is 0. The van der Waals surface area contributed by atoms with Gasteiger partial charge in [-0.3, -0.25) is 4.99 Å². The molecule has 0 aliphatic heterocycles. The standard InChI is InChI=1S/C18H25N3O2S.HI/c1-5-19-18(20-12-13(2)17-7-6-10-24-17)21-14-8-9-15(22-3)16(11-14)23-4;/h6-11,13H,5,12H2,1-4H3,(H2,19,20,21);1H. The van der Waals surface area contributed by atoms with E-state index in [4.69, 9.17) is 14.5 Å². The molecular weight excluding hydrogens is 449 g/mol. The zero-order valence-electron chi connectivity index (χ0n) is 15.0. The molecular formula is C18H26IN3O2S. The maximum Gasteiger partial charge on any atom is 0.195 e. The van der Waals surface area contributed by atoms with Gasteiger partial charge in [-0.25, -0.2) is 0 Å². The lowest BCUT2D eigenvalue weighted by atomic mass is 10.1. The summed E-state index contributed by atoms with van der Waals surface area (Å²) in [6.45, 7) is 5.76. The van der Waals surface area contributed by atoms with Crippen LogP contribution in [0.3, 0.4) is 0 Å². The lowest BCUT2D eigenvalue weighted by Gasteiger charge is -2.14. The second-order valence-corrected chi connectivity index (χ2v) is 6.31. The number of nitrogens with one attached hydrogen (secondary N) is 2. The molecule has 1 unspecified atom stereocenters. The summed E-state index contributed by atoms with van der Waals surface area (Å²) in [4.78, 5) is 6.04. The van der Waals surface area contributed by atoms with E-state index in [-0.39, 0.29) is 24.0 Å². The average Bonchev–Trinajstić information content (AvgIpc) is 3.14. The number of halogens is 1. The van der Waals surface area contributed by atoms with E-state index in [9.17, 15) is 0 Å². The molecule has 1 aromatic carbocycles. The average molecular weight is 475 g/mol. The fourth-order valence-corrected chi connectivity index (χ4v) is 3.03. The predicted molar refractivity (Wildman–Crippen MR) is 117 cm³/mol. The number of thiophene rings is 1. The first kappa shape index (κ1) is 21.6. The third-order valence-electron chi connectivity index (χ3n) is 3.54. The van der Waals surface area contributed by atoms with Crippen molar-refractivity contribution in [2.75, 3.05) is 32.6 Å². The van der Waals surface area contributed by atoms with Gasteiger partial charge >= 0.3 is 0 Å². The second-order valence-electron chi connectivity index (χ2n) is 5.33. The molecule has 0 spiro atoms. The van der Waals surface area contributed by atoms with Gasteiger partial charge in [0, 0.05) is 29.1 Å². The van der Waals surface area contributed by atoms with Crippen LogP contribution in [0.15, 0.2) is 40.7 Å². The highest BCUT2D eigenvalue weighted by atomic mass is 127. The van der Waals surface area contributed by atoms with E-state index in [1.54, 1.807) is 25.6 Å². The Labute approximate surface area is 170 Å². The number of hydrogen-bond donors (Lipinski definition) is 2. The highest BCUT2D eigenvalue weighted by molar-refractivity contribution is 14.0. The summed E-state index contributed by atoms with van der Waals surface area (Å²) >= 11 is 1.77. The Balaban J connectivity index is 0.00000312. The number of benzene rings is 1. The smallest absolute Gasteiger partial charge is 0.195 e. The van der Waals surface area contributed by atoms with Crippen LogP contribution < -0.4 is 20.1 Å². The fourth-order valence-electron chi connectivity index (χ4n) is 2.25. The van der Waals surface area contributed by atoms with E-state index in [1.165, 1.54) is 4.88 Å². The van der Waals surface area contributed by atoms with Gasteiger partial charge < -0.3 is 20.1 Å². The van der Waals surface area contributed by atoms with Crippen molar-refractivity contribution in [1.29, 1.82) is 0 Å². The number of guanidine groups is 1. The molecule has 1 heterocycles. The maximum atomic E-state index is 5.34. The van der Waals surface area contributed by atoms with E-state index < -0.39 is 0 Å².